The second-order valence-corrected chi connectivity index (χ2v) is 19.5. The van der Waals surface area contributed by atoms with Crippen molar-refractivity contribution in [3.63, 3.8) is 0 Å². The Morgan fingerprint density at radius 3 is 2.00 bits per heavy atom. The number of nitrogens with zero attached hydrogens (tertiary/aromatic N) is 4. The predicted octanol–water partition coefficient (Wildman–Crippen LogP) is 14.2. The molecule has 5 heterocycles. The molecule has 0 saturated heterocycles. The maximum absolute atomic E-state index is 5.07. The van der Waals surface area contributed by atoms with Crippen LogP contribution in [0.1, 0.15) is 58.4 Å². The summed E-state index contributed by atoms with van der Waals surface area (Å²) in [5, 5.41) is 8.04. The van der Waals surface area contributed by atoms with Crippen molar-refractivity contribution in [2.75, 3.05) is 4.90 Å². The molecule has 1 spiro atoms. The van der Waals surface area contributed by atoms with Gasteiger partial charge in [-0.25, -0.2) is 0 Å². The molecule has 0 radical (unpaired) electrons. The van der Waals surface area contributed by atoms with Gasteiger partial charge < -0.3 is 9.47 Å². The number of benzene rings is 7. The fourth-order valence-corrected chi connectivity index (χ4v) is 13.9. The van der Waals surface area contributed by atoms with Crippen molar-refractivity contribution >= 4 is 81.1 Å². The van der Waals surface area contributed by atoms with Gasteiger partial charge in [0.1, 0.15) is 0 Å². The largest absolute Gasteiger partial charge is 0.341 e. The topological polar surface area (TPSA) is 34.0 Å². The van der Waals surface area contributed by atoms with Crippen LogP contribution in [0.3, 0.4) is 0 Å². The molecule has 0 fully saturated rings. The number of aromatic nitrogens is 3. The van der Waals surface area contributed by atoms with Gasteiger partial charge in [0.2, 0.25) is 0 Å². The van der Waals surface area contributed by atoms with Crippen LogP contribution in [-0.4, -0.2) is 14.5 Å². The average Bonchev–Trinajstić information content (AvgIpc) is 4.06. The number of anilines is 3. The van der Waals surface area contributed by atoms with Crippen LogP contribution < -0.4 is 4.90 Å². The minimum atomic E-state index is -0.575. The van der Waals surface area contributed by atoms with Crippen molar-refractivity contribution in [1.82, 2.24) is 14.5 Å². The van der Waals surface area contributed by atoms with Crippen LogP contribution in [0.2, 0.25) is 0 Å². The first kappa shape index (κ1) is 33.6. The van der Waals surface area contributed by atoms with E-state index in [1.807, 2.05) is 23.7 Å². The summed E-state index contributed by atoms with van der Waals surface area (Å²) in [7, 11) is 2.31. The first-order valence-corrected chi connectivity index (χ1v) is 22.7. The molecule has 5 heteroatoms. The number of aryl methyl sites for hydroxylation is 3. The Balaban J connectivity index is 1.08. The molecule has 0 bridgehead atoms. The van der Waals surface area contributed by atoms with E-state index in [1.54, 1.807) is 0 Å². The Morgan fingerprint density at radius 1 is 0.500 bits per heavy atom. The molecule has 0 N–H and O–H groups in total. The van der Waals surface area contributed by atoms with Gasteiger partial charge in [-0.1, -0.05) is 111 Å². The van der Waals surface area contributed by atoms with Crippen LogP contribution in [0.25, 0.3) is 75.3 Å². The van der Waals surface area contributed by atoms with Crippen molar-refractivity contribution in [3.05, 3.63) is 196 Å². The highest BCUT2D eigenvalue weighted by atomic mass is 32.1. The monoisotopic (exact) mass is 810 g/mol. The summed E-state index contributed by atoms with van der Waals surface area (Å²) in [6.07, 6.45) is 6.02. The highest BCUT2D eigenvalue weighted by Gasteiger charge is 2.52. The summed E-state index contributed by atoms with van der Waals surface area (Å²) in [6, 6.07) is 53.3. The smallest absolute Gasteiger partial charge is 0.0937 e. The zero-order chi connectivity index (χ0) is 40.8. The third kappa shape index (κ3) is 3.75. The van der Waals surface area contributed by atoms with Crippen molar-refractivity contribution in [3.8, 4) is 22.5 Å². The lowest BCUT2D eigenvalue weighted by atomic mass is 9.61. The second kappa shape index (κ2) is 11.2. The molecule has 0 saturated carbocycles. The Morgan fingerprint density at radius 2 is 1.18 bits per heavy atom. The molecule has 15 rings (SSSR count). The van der Waals surface area contributed by atoms with Crippen molar-refractivity contribution < 1.29 is 0 Å². The van der Waals surface area contributed by atoms with Crippen LogP contribution in [0.5, 0.6) is 0 Å². The molecule has 0 unspecified atom stereocenters. The molecule has 62 heavy (non-hydrogen) atoms. The van der Waals surface area contributed by atoms with E-state index < -0.39 is 5.41 Å². The molecule has 4 nitrogen and oxygen atoms in total. The van der Waals surface area contributed by atoms with E-state index in [2.05, 4.69) is 170 Å². The highest BCUT2D eigenvalue weighted by molar-refractivity contribution is 7.25. The van der Waals surface area contributed by atoms with Crippen molar-refractivity contribution in [2.24, 2.45) is 7.05 Å². The molecule has 292 valence electrons. The van der Waals surface area contributed by atoms with E-state index in [0.717, 1.165) is 24.2 Å². The first-order chi connectivity index (χ1) is 30.4. The third-order valence-electron chi connectivity index (χ3n) is 15.3. The summed E-state index contributed by atoms with van der Waals surface area (Å²) in [5.41, 5.74) is 20.7. The Labute approximate surface area is 362 Å². The molecule has 11 aromatic rings. The fourth-order valence-electron chi connectivity index (χ4n) is 12.8. The van der Waals surface area contributed by atoms with Gasteiger partial charge in [0.15, 0.2) is 0 Å². The summed E-state index contributed by atoms with van der Waals surface area (Å²) in [4.78, 5) is 12.7. The number of rotatable bonds is 1. The lowest BCUT2D eigenvalue weighted by Gasteiger charge is -2.42. The van der Waals surface area contributed by atoms with Gasteiger partial charge >= 0.3 is 0 Å². The van der Waals surface area contributed by atoms with Crippen LogP contribution in [0.15, 0.2) is 152 Å². The molecule has 7 aromatic carbocycles. The van der Waals surface area contributed by atoms with Gasteiger partial charge in [-0.2, -0.15) is 0 Å². The van der Waals surface area contributed by atoms with Crippen LogP contribution >= 0.6 is 11.3 Å². The lowest BCUT2D eigenvalue weighted by molar-refractivity contribution is 0.633. The number of pyridine rings is 2. The van der Waals surface area contributed by atoms with Crippen LogP contribution in [-0.2, 0) is 30.7 Å². The van der Waals surface area contributed by atoms with E-state index in [-0.39, 0.29) is 5.41 Å². The summed E-state index contributed by atoms with van der Waals surface area (Å²) < 4.78 is 5.18. The summed E-state index contributed by atoms with van der Waals surface area (Å²) in [6.45, 7) is 4.80. The van der Waals surface area contributed by atoms with E-state index in [4.69, 9.17) is 9.97 Å². The lowest BCUT2D eigenvalue weighted by Crippen LogP contribution is -2.32. The second-order valence-electron chi connectivity index (χ2n) is 18.4. The van der Waals surface area contributed by atoms with E-state index in [9.17, 15) is 0 Å². The number of para-hydroxylation sites is 2. The Bertz CT molecular complexity index is 3830. The average molecular weight is 811 g/mol. The van der Waals surface area contributed by atoms with E-state index >= 15 is 0 Å². The molecule has 0 amide bonds. The summed E-state index contributed by atoms with van der Waals surface area (Å²) in [5.74, 6) is 0. The maximum Gasteiger partial charge on any atom is 0.0937 e. The predicted molar refractivity (Wildman–Crippen MR) is 257 cm³/mol. The van der Waals surface area contributed by atoms with Crippen LogP contribution in [0.4, 0.5) is 17.1 Å². The summed E-state index contributed by atoms with van der Waals surface area (Å²) >= 11 is 1.90. The van der Waals surface area contributed by atoms with Gasteiger partial charge in [-0.05, 0) is 116 Å². The minimum absolute atomic E-state index is 0.203. The molecule has 0 atom stereocenters. The first-order valence-electron chi connectivity index (χ1n) is 21.8. The molecular formula is C57H38N4S. The van der Waals surface area contributed by atoms with Gasteiger partial charge in [0, 0.05) is 61.4 Å². The quantitative estimate of drug-likeness (QED) is 0.166. The number of hydrogen-bond acceptors (Lipinski definition) is 4. The molecule has 4 aromatic heterocycles. The molecule has 4 aliphatic rings. The molecular weight excluding hydrogens is 773 g/mol. The zero-order valence-electron chi connectivity index (χ0n) is 34.5. The van der Waals surface area contributed by atoms with Crippen molar-refractivity contribution in [1.29, 1.82) is 0 Å². The van der Waals surface area contributed by atoms with Crippen LogP contribution in [0, 0.1) is 0 Å². The maximum atomic E-state index is 5.07. The van der Waals surface area contributed by atoms with Gasteiger partial charge in [-0.3, -0.25) is 9.97 Å². The number of hydrogen-bond donors (Lipinski definition) is 0. The fraction of sp³-hybridized carbons (Fsp3) is 0.123. The van der Waals surface area contributed by atoms with E-state index in [1.165, 1.54) is 125 Å². The van der Waals surface area contributed by atoms with Crippen molar-refractivity contribution in [2.45, 2.75) is 37.5 Å². The molecule has 1 aliphatic heterocycles. The van der Waals surface area contributed by atoms with Gasteiger partial charge in [-0.15, -0.1) is 11.3 Å². The molecule has 3 aliphatic carbocycles. The zero-order valence-corrected chi connectivity index (χ0v) is 35.4. The van der Waals surface area contributed by atoms with Gasteiger partial charge in [0.25, 0.3) is 0 Å². The third-order valence-corrected chi connectivity index (χ3v) is 16.5. The SMILES string of the molecule is Cn1c2c(N3c4ccccc4C(C)(C)c4cc5c(cc43)sc3ccccc35)cccc2c2ccc3c(c21)-c1ccc2c4c(ccc(c14)C31c3cccnc3-c3ncccc31)CC2. The van der Waals surface area contributed by atoms with E-state index in [0.29, 0.717) is 0 Å². The Kier molecular flexibility index (Phi) is 6.09. The normalized spacial score (nSPS) is 15.8. The number of fused-ring (bicyclic) bond motifs is 18. The highest BCUT2D eigenvalue weighted by Crippen LogP contribution is 2.63. The van der Waals surface area contributed by atoms with Gasteiger partial charge in [0.05, 0.1) is 44.9 Å². The standard InChI is InChI=1S/C57H38N4S/c1-56(2)38-13-5-6-16-44(38)61(46-30-48-37(29-43(46)56)33-11-4-7-18-47(33)62-48)45-17-8-12-34-35-24-26-40-51(55(35)60(3)54(34)45)36-23-21-31-19-20-32-22-25-39(50(36)49(31)32)57(40)41-14-9-27-58-52(41)53-42(57)15-10-28-59-53/h4-18,21-30H,19-20H2,1-3H3. The minimum Gasteiger partial charge on any atom is -0.341 e. The number of thiophene rings is 1. The Hall–Kier alpha value is -7.08.